The van der Waals surface area contributed by atoms with Gasteiger partial charge in [-0.3, -0.25) is 0 Å². The van der Waals surface area contributed by atoms with Gasteiger partial charge in [-0.2, -0.15) is 0 Å². The van der Waals surface area contributed by atoms with Crippen molar-refractivity contribution in [3.63, 3.8) is 0 Å². The molecule has 0 heterocycles. The lowest BCUT2D eigenvalue weighted by molar-refractivity contribution is 0.729. The van der Waals surface area contributed by atoms with Crippen molar-refractivity contribution >= 4 is 8.07 Å². The first-order valence-electron chi connectivity index (χ1n) is 3.45. The zero-order valence-electron chi connectivity index (χ0n) is 7.28. The summed E-state index contributed by atoms with van der Waals surface area (Å²) in [6.07, 6.45) is 0. The lowest BCUT2D eigenvalue weighted by atomic mass is 10.2. The van der Waals surface area contributed by atoms with Gasteiger partial charge in [0.1, 0.15) is 0 Å². The Morgan fingerprint density at radius 3 is 1.56 bits per heavy atom. The molecule has 1 heteroatoms. The summed E-state index contributed by atoms with van der Waals surface area (Å²) in [5, 5.41) is 0.467. The molecule has 0 bridgehead atoms. The fourth-order valence-electron chi connectivity index (χ4n) is 0.306. The fraction of sp³-hybridized carbons (Fsp3) is 0.750. The highest BCUT2D eigenvalue weighted by Gasteiger charge is 2.31. The van der Waals surface area contributed by atoms with Gasteiger partial charge in [0.25, 0.3) is 0 Å². The number of hydrogen-bond donors (Lipinski definition) is 0. The van der Waals surface area contributed by atoms with Crippen molar-refractivity contribution in [1.29, 1.82) is 0 Å². The Kier molecular flexibility index (Phi) is 2.28. The molecule has 0 radical (unpaired) electrons. The molecular weight excluding hydrogens is 124 g/mol. The molecule has 0 aromatic rings. The minimum absolute atomic E-state index is 0.467. The van der Waals surface area contributed by atoms with Gasteiger partial charge in [-0.15, -0.1) is 12.3 Å². The van der Waals surface area contributed by atoms with Crippen LogP contribution in [0.25, 0.3) is 0 Å². The largest absolute Gasteiger partial charge is 0.107 e. The van der Waals surface area contributed by atoms with E-state index < -0.39 is 8.07 Å². The highest BCUT2D eigenvalue weighted by molar-refractivity contribution is 6.84. The predicted molar refractivity (Wildman–Crippen MR) is 47.4 cm³/mol. The second-order valence-electron chi connectivity index (χ2n) is 4.18. The summed E-state index contributed by atoms with van der Waals surface area (Å²) >= 11 is 0. The van der Waals surface area contributed by atoms with Gasteiger partial charge in [0.05, 0.1) is 8.07 Å². The van der Waals surface area contributed by atoms with Gasteiger partial charge in [-0.25, -0.2) is 0 Å². The molecule has 0 amide bonds. The highest BCUT2D eigenvalue weighted by atomic mass is 28.3. The molecule has 0 aliphatic carbocycles. The second kappa shape index (κ2) is 2.29. The SMILES string of the molecule is C=C[Si](C)(C)C(C)(C)C. The predicted octanol–water partition coefficient (Wildman–Crippen LogP) is 3.22. The molecule has 0 nitrogen and oxygen atoms in total. The quantitative estimate of drug-likeness (QED) is 0.493. The smallest absolute Gasteiger partial charge is 0.0762 e. The van der Waals surface area contributed by atoms with Crippen LogP contribution in [0.2, 0.25) is 18.1 Å². The van der Waals surface area contributed by atoms with E-state index in [9.17, 15) is 0 Å². The van der Waals surface area contributed by atoms with Crippen molar-refractivity contribution in [2.24, 2.45) is 0 Å². The summed E-state index contributed by atoms with van der Waals surface area (Å²) in [6.45, 7) is 15.4. The summed E-state index contributed by atoms with van der Waals surface area (Å²) in [5.41, 5.74) is 2.16. The van der Waals surface area contributed by atoms with Gasteiger partial charge < -0.3 is 0 Å². The van der Waals surface area contributed by atoms with Crippen molar-refractivity contribution in [3.8, 4) is 0 Å². The molecule has 0 aromatic heterocycles. The molecule has 54 valence electrons. The molecule has 0 fully saturated rings. The minimum atomic E-state index is -1.11. The van der Waals surface area contributed by atoms with Crippen LogP contribution >= 0.6 is 0 Å². The number of hydrogen-bond acceptors (Lipinski definition) is 0. The lowest BCUT2D eigenvalue weighted by Gasteiger charge is -2.33. The van der Waals surface area contributed by atoms with E-state index in [-0.39, 0.29) is 0 Å². The van der Waals surface area contributed by atoms with Crippen molar-refractivity contribution < 1.29 is 0 Å². The van der Waals surface area contributed by atoms with Gasteiger partial charge >= 0.3 is 0 Å². The van der Waals surface area contributed by atoms with Crippen LogP contribution in [0.5, 0.6) is 0 Å². The molecule has 0 aliphatic rings. The zero-order valence-corrected chi connectivity index (χ0v) is 8.28. The second-order valence-corrected chi connectivity index (χ2v) is 9.53. The Morgan fingerprint density at radius 2 is 1.56 bits per heavy atom. The maximum atomic E-state index is 3.86. The third-order valence-corrected chi connectivity index (χ3v) is 7.33. The van der Waals surface area contributed by atoms with Crippen LogP contribution in [-0.2, 0) is 0 Å². The van der Waals surface area contributed by atoms with E-state index in [4.69, 9.17) is 0 Å². The average molecular weight is 142 g/mol. The lowest BCUT2D eigenvalue weighted by Crippen LogP contribution is -2.34. The van der Waals surface area contributed by atoms with Crippen LogP contribution in [0.15, 0.2) is 12.3 Å². The molecule has 9 heavy (non-hydrogen) atoms. The molecule has 0 spiro atoms. The molecule has 0 saturated carbocycles. The van der Waals surface area contributed by atoms with Crippen LogP contribution in [-0.4, -0.2) is 8.07 Å². The molecule has 0 saturated heterocycles. The minimum Gasteiger partial charge on any atom is -0.107 e. The van der Waals surface area contributed by atoms with Crippen LogP contribution in [0.3, 0.4) is 0 Å². The van der Waals surface area contributed by atoms with Gasteiger partial charge in [-0.1, -0.05) is 33.9 Å². The first kappa shape index (κ1) is 8.96. The van der Waals surface area contributed by atoms with Crippen molar-refractivity contribution in [1.82, 2.24) is 0 Å². The topological polar surface area (TPSA) is 0 Å². The van der Waals surface area contributed by atoms with E-state index in [1.54, 1.807) is 0 Å². The van der Waals surface area contributed by atoms with E-state index in [1.807, 2.05) is 0 Å². The molecule has 0 rings (SSSR count). The van der Waals surface area contributed by atoms with Crippen molar-refractivity contribution in [3.05, 3.63) is 12.3 Å². The summed E-state index contributed by atoms with van der Waals surface area (Å²) in [4.78, 5) is 0. The summed E-state index contributed by atoms with van der Waals surface area (Å²) in [5.74, 6) is 0. The summed E-state index contributed by atoms with van der Waals surface area (Å²) < 4.78 is 0. The van der Waals surface area contributed by atoms with Gasteiger partial charge in [0, 0.05) is 0 Å². The Labute approximate surface area is 60.0 Å². The third kappa shape index (κ3) is 1.97. The highest BCUT2D eigenvalue weighted by Crippen LogP contribution is 2.35. The number of rotatable bonds is 1. The van der Waals surface area contributed by atoms with Crippen LogP contribution < -0.4 is 0 Å². The Morgan fingerprint density at radius 1 is 1.22 bits per heavy atom. The summed E-state index contributed by atoms with van der Waals surface area (Å²) in [6, 6.07) is 0. The molecular formula is C8H18Si. The summed E-state index contributed by atoms with van der Waals surface area (Å²) in [7, 11) is -1.11. The van der Waals surface area contributed by atoms with Gasteiger partial charge in [-0.05, 0) is 5.04 Å². The maximum absolute atomic E-state index is 3.86. The van der Waals surface area contributed by atoms with E-state index in [0.29, 0.717) is 5.04 Å². The van der Waals surface area contributed by atoms with Crippen LogP contribution in [0, 0.1) is 0 Å². The van der Waals surface area contributed by atoms with Crippen LogP contribution in [0.1, 0.15) is 20.8 Å². The third-order valence-electron chi connectivity index (χ3n) is 2.44. The monoisotopic (exact) mass is 142 g/mol. The van der Waals surface area contributed by atoms with E-state index in [1.165, 1.54) is 0 Å². The Bertz CT molecular complexity index is 106. The first-order valence-corrected chi connectivity index (χ1v) is 6.52. The molecule has 0 unspecified atom stereocenters. The fourth-order valence-corrected chi connectivity index (χ4v) is 0.919. The van der Waals surface area contributed by atoms with E-state index in [0.717, 1.165) is 0 Å². The van der Waals surface area contributed by atoms with E-state index >= 15 is 0 Å². The van der Waals surface area contributed by atoms with Gasteiger partial charge in [0.2, 0.25) is 0 Å². The first-order chi connectivity index (χ1) is 3.81. The van der Waals surface area contributed by atoms with Crippen molar-refractivity contribution in [2.45, 2.75) is 38.9 Å². The molecule has 0 aromatic carbocycles. The van der Waals surface area contributed by atoms with Crippen molar-refractivity contribution in [2.75, 3.05) is 0 Å². The molecule has 0 N–H and O–H groups in total. The standard InChI is InChI=1S/C8H18Si/c1-7-9(5,6)8(2,3)4/h7H,1H2,2-6H3. The molecule has 0 atom stereocenters. The molecule has 0 aliphatic heterocycles. The van der Waals surface area contributed by atoms with Crippen LogP contribution in [0.4, 0.5) is 0 Å². The maximum Gasteiger partial charge on any atom is 0.0762 e. The Balaban J connectivity index is 4.32. The Hall–Kier alpha value is -0.0431. The van der Waals surface area contributed by atoms with E-state index in [2.05, 4.69) is 46.1 Å². The zero-order chi connectivity index (χ0) is 7.71. The normalized spacial score (nSPS) is 13.4. The van der Waals surface area contributed by atoms with Gasteiger partial charge in [0.15, 0.2) is 0 Å². The average Bonchev–Trinajstić information content (AvgIpc) is 1.64.